The van der Waals surface area contributed by atoms with Crippen LogP contribution in [0.2, 0.25) is 0 Å². The van der Waals surface area contributed by atoms with Crippen LogP contribution in [-0.2, 0) is 7.05 Å². The predicted molar refractivity (Wildman–Crippen MR) is 87.7 cm³/mol. The van der Waals surface area contributed by atoms with Gasteiger partial charge in [0, 0.05) is 33.3 Å². The molecule has 0 saturated heterocycles. The molecule has 4 heteroatoms. The molecule has 0 bridgehead atoms. The highest BCUT2D eigenvalue weighted by molar-refractivity contribution is 14.1. The van der Waals surface area contributed by atoms with Gasteiger partial charge in [-0.2, -0.15) is 0 Å². The molecule has 0 aliphatic heterocycles. The molecule has 0 radical (unpaired) electrons. The smallest absolute Gasteiger partial charge is 0.181 e. The highest BCUT2D eigenvalue weighted by Gasteiger charge is 2.21. The summed E-state index contributed by atoms with van der Waals surface area (Å²) in [6.07, 6.45) is 2.76. The van der Waals surface area contributed by atoms with Gasteiger partial charge in [0.15, 0.2) is 5.78 Å². The summed E-state index contributed by atoms with van der Waals surface area (Å²) >= 11 is 2.28. The number of rotatable bonds is 5. The van der Waals surface area contributed by atoms with Gasteiger partial charge < -0.3 is 9.88 Å². The van der Waals surface area contributed by atoms with E-state index in [0.29, 0.717) is 0 Å². The van der Waals surface area contributed by atoms with Crippen LogP contribution in [0.5, 0.6) is 0 Å². The highest BCUT2D eigenvalue weighted by atomic mass is 127. The number of carbonyl (C=O) groups excluding carboxylic acids is 1. The number of benzene rings is 1. The van der Waals surface area contributed by atoms with E-state index in [2.05, 4.69) is 46.1 Å². The summed E-state index contributed by atoms with van der Waals surface area (Å²) < 4.78 is 3.18. The van der Waals surface area contributed by atoms with E-state index in [0.717, 1.165) is 33.0 Å². The molecule has 19 heavy (non-hydrogen) atoms. The van der Waals surface area contributed by atoms with Crippen molar-refractivity contribution in [3.63, 3.8) is 0 Å². The third kappa shape index (κ3) is 2.84. The first kappa shape index (κ1) is 14.5. The number of Topliss-reactive ketones (excluding diaryl/α,β-unsaturated/α-hetero) is 1. The molecular formula is C15H19IN2O. The number of aryl methyl sites for hydroxylation is 1. The Hall–Kier alpha value is -0.880. The number of likely N-dealkylation sites (N-methyl/N-ethyl adjacent to an activating group) is 1. The molecule has 3 nitrogen and oxygen atoms in total. The van der Waals surface area contributed by atoms with Crippen molar-refractivity contribution >= 4 is 39.3 Å². The fraction of sp³-hybridized carbons (Fsp3) is 0.400. The molecule has 0 aliphatic rings. The molecule has 1 aromatic carbocycles. The van der Waals surface area contributed by atoms with E-state index in [1.54, 1.807) is 0 Å². The second kappa shape index (κ2) is 6.05. The third-order valence-electron chi connectivity index (χ3n) is 3.39. The van der Waals surface area contributed by atoms with E-state index in [1.807, 2.05) is 31.7 Å². The summed E-state index contributed by atoms with van der Waals surface area (Å²) in [7, 11) is 1.99. The molecule has 0 amide bonds. The monoisotopic (exact) mass is 370 g/mol. The Kier molecular flexibility index (Phi) is 4.62. The Morgan fingerprint density at radius 2 is 2.16 bits per heavy atom. The largest absolute Gasteiger partial charge is 0.350 e. The third-order valence-corrected chi connectivity index (χ3v) is 4.06. The molecule has 2 rings (SSSR count). The molecule has 2 aromatic rings. The fourth-order valence-corrected chi connectivity index (χ4v) is 2.91. The van der Waals surface area contributed by atoms with Crippen molar-refractivity contribution in [3.8, 4) is 0 Å². The van der Waals surface area contributed by atoms with Crippen LogP contribution in [0, 0.1) is 3.57 Å². The van der Waals surface area contributed by atoms with Crippen LogP contribution >= 0.6 is 22.6 Å². The van der Waals surface area contributed by atoms with Crippen molar-refractivity contribution in [1.82, 2.24) is 9.88 Å². The number of fused-ring (bicyclic) bond motifs is 1. The van der Waals surface area contributed by atoms with Gasteiger partial charge in [0.25, 0.3) is 0 Å². The first-order chi connectivity index (χ1) is 9.08. The van der Waals surface area contributed by atoms with Crippen molar-refractivity contribution in [2.45, 2.75) is 26.3 Å². The molecule has 0 aliphatic carbocycles. The number of ketones is 1. The molecule has 102 valence electrons. The Balaban J connectivity index is 2.50. The Morgan fingerprint density at radius 3 is 2.79 bits per heavy atom. The molecule has 1 heterocycles. The summed E-state index contributed by atoms with van der Waals surface area (Å²) in [6, 6.07) is 6.14. The zero-order valence-corrected chi connectivity index (χ0v) is 13.7. The van der Waals surface area contributed by atoms with Gasteiger partial charge in [0.2, 0.25) is 0 Å². The van der Waals surface area contributed by atoms with Crippen LogP contribution in [0.1, 0.15) is 30.6 Å². The molecule has 1 unspecified atom stereocenters. The van der Waals surface area contributed by atoms with Gasteiger partial charge in [-0.15, -0.1) is 0 Å². The van der Waals surface area contributed by atoms with Crippen LogP contribution in [-0.4, -0.2) is 22.9 Å². The molecule has 1 aromatic heterocycles. The first-order valence-corrected chi connectivity index (χ1v) is 7.68. The van der Waals surface area contributed by atoms with Crippen LogP contribution in [0.15, 0.2) is 24.4 Å². The number of aromatic nitrogens is 1. The lowest BCUT2D eigenvalue weighted by Crippen LogP contribution is -2.35. The second-order valence-corrected chi connectivity index (χ2v) is 5.94. The number of halogens is 1. The fourth-order valence-electron chi connectivity index (χ4n) is 2.42. The van der Waals surface area contributed by atoms with Crippen LogP contribution < -0.4 is 5.32 Å². The maximum Gasteiger partial charge on any atom is 0.181 e. The molecule has 0 saturated carbocycles. The molecule has 1 N–H and O–H groups in total. The highest BCUT2D eigenvalue weighted by Crippen LogP contribution is 2.24. The van der Waals surface area contributed by atoms with Gasteiger partial charge in [-0.25, -0.2) is 0 Å². The van der Waals surface area contributed by atoms with Crippen molar-refractivity contribution < 1.29 is 4.79 Å². The number of nitrogens with one attached hydrogen (secondary N) is 1. The minimum atomic E-state index is -0.0894. The quantitative estimate of drug-likeness (QED) is 0.647. The minimum Gasteiger partial charge on any atom is -0.350 e. The van der Waals surface area contributed by atoms with E-state index in [9.17, 15) is 4.79 Å². The summed E-state index contributed by atoms with van der Waals surface area (Å²) in [4.78, 5) is 12.6. The molecular weight excluding hydrogens is 351 g/mol. The Bertz CT molecular complexity index is 603. The zero-order chi connectivity index (χ0) is 14.0. The summed E-state index contributed by atoms with van der Waals surface area (Å²) in [6.45, 7) is 4.88. The maximum atomic E-state index is 12.6. The lowest BCUT2D eigenvalue weighted by Gasteiger charge is -2.13. The number of hydrogen-bond donors (Lipinski definition) is 1. The van der Waals surface area contributed by atoms with Crippen LogP contribution in [0.25, 0.3) is 10.9 Å². The molecule has 1 atom stereocenters. The minimum absolute atomic E-state index is 0.0894. The average Bonchev–Trinajstić information content (AvgIpc) is 2.72. The maximum absolute atomic E-state index is 12.6. The number of nitrogens with zero attached hydrogens (tertiary/aromatic N) is 1. The first-order valence-electron chi connectivity index (χ1n) is 6.60. The second-order valence-electron chi connectivity index (χ2n) is 4.70. The summed E-state index contributed by atoms with van der Waals surface area (Å²) in [5.41, 5.74) is 1.93. The zero-order valence-electron chi connectivity index (χ0n) is 11.5. The molecule has 0 spiro atoms. The SMILES string of the molecule is CCNC(CC)C(=O)c1cn(C)c2ccc(I)cc12. The topological polar surface area (TPSA) is 34.0 Å². The van der Waals surface area contributed by atoms with Crippen molar-refractivity contribution in [2.75, 3.05) is 6.54 Å². The van der Waals surface area contributed by atoms with E-state index in [1.165, 1.54) is 0 Å². The average molecular weight is 370 g/mol. The number of carbonyl (C=O) groups is 1. The van der Waals surface area contributed by atoms with E-state index < -0.39 is 0 Å². The standard InChI is InChI=1S/C15H19IN2O/c1-4-13(17-5-2)15(19)12-9-18(3)14-7-6-10(16)8-11(12)14/h6-9,13,17H,4-5H2,1-3H3. The Labute approximate surface area is 127 Å². The summed E-state index contributed by atoms with van der Waals surface area (Å²) in [5.74, 6) is 0.192. The number of hydrogen-bond acceptors (Lipinski definition) is 2. The van der Waals surface area contributed by atoms with E-state index >= 15 is 0 Å². The van der Waals surface area contributed by atoms with Crippen molar-refractivity contribution in [1.29, 1.82) is 0 Å². The van der Waals surface area contributed by atoms with Crippen LogP contribution in [0.4, 0.5) is 0 Å². The van der Waals surface area contributed by atoms with Gasteiger partial charge in [-0.3, -0.25) is 4.79 Å². The molecule has 0 fully saturated rings. The van der Waals surface area contributed by atoms with E-state index in [-0.39, 0.29) is 11.8 Å². The van der Waals surface area contributed by atoms with E-state index in [4.69, 9.17) is 0 Å². The van der Waals surface area contributed by atoms with Crippen molar-refractivity contribution in [2.24, 2.45) is 7.05 Å². The lowest BCUT2D eigenvalue weighted by molar-refractivity contribution is 0.0943. The predicted octanol–water partition coefficient (Wildman–Crippen LogP) is 3.35. The van der Waals surface area contributed by atoms with Gasteiger partial charge in [-0.1, -0.05) is 13.8 Å². The van der Waals surface area contributed by atoms with Crippen molar-refractivity contribution in [3.05, 3.63) is 33.5 Å². The van der Waals surface area contributed by atoms with Gasteiger partial charge in [0.1, 0.15) is 0 Å². The normalized spacial score (nSPS) is 12.8. The van der Waals surface area contributed by atoms with Gasteiger partial charge >= 0.3 is 0 Å². The lowest BCUT2D eigenvalue weighted by atomic mass is 10.0. The summed E-state index contributed by atoms with van der Waals surface area (Å²) in [5, 5.41) is 4.31. The van der Waals surface area contributed by atoms with Gasteiger partial charge in [-0.05, 0) is 53.8 Å². The van der Waals surface area contributed by atoms with Crippen LogP contribution in [0.3, 0.4) is 0 Å². The Morgan fingerprint density at radius 1 is 1.42 bits per heavy atom. The van der Waals surface area contributed by atoms with Gasteiger partial charge in [0.05, 0.1) is 6.04 Å².